The zero-order valence-electron chi connectivity index (χ0n) is 17.1. The third-order valence-corrected chi connectivity index (χ3v) is 6.06. The van der Waals surface area contributed by atoms with Crippen LogP contribution in [-0.4, -0.2) is 11.0 Å². The molecule has 1 heterocycles. The highest BCUT2D eigenvalue weighted by Crippen LogP contribution is 2.26. The highest BCUT2D eigenvalue weighted by molar-refractivity contribution is 14.1. The molecule has 0 unspecified atom stereocenters. The van der Waals surface area contributed by atoms with Crippen molar-refractivity contribution in [2.75, 3.05) is 0 Å². The molecule has 2 aromatic carbocycles. The van der Waals surface area contributed by atoms with Gasteiger partial charge in [0.2, 0.25) is 0 Å². The summed E-state index contributed by atoms with van der Waals surface area (Å²) in [6, 6.07) is 21.7. The largest absolute Gasteiger partial charge is 0.299 e. The molecule has 0 radical (unpaired) electrons. The normalized spacial score (nSPS) is 13.7. The van der Waals surface area contributed by atoms with Gasteiger partial charge in [0.15, 0.2) is 0 Å². The molecule has 3 aromatic rings. The number of rotatable bonds is 8. The van der Waals surface area contributed by atoms with Crippen molar-refractivity contribution in [3.8, 4) is 0 Å². The van der Waals surface area contributed by atoms with Crippen molar-refractivity contribution in [3.05, 3.63) is 103 Å². The van der Waals surface area contributed by atoms with Gasteiger partial charge in [0.05, 0.1) is 16.7 Å². The van der Waals surface area contributed by atoms with Crippen LogP contribution in [0.1, 0.15) is 48.1 Å². The van der Waals surface area contributed by atoms with E-state index in [1.165, 1.54) is 20.3 Å². The molecule has 0 fully saturated rings. The monoisotopic (exact) mass is 514 g/mol. The molecule has 1 atom stereocenters. The lowest BCUT2D eigenvalue weighted by molar-refractivity contribution is 0.520. The maximum atomic E-state index is 4.62. The zero-order chi connectivity index (χ0) is 20.6. The fraction of sp³-hybridized carbons (Fsp3) is 0.240. The molecule has 1 aromatic heterocycles. The average Bonchev–Trinajstić information content (AvgIpc) is 3.13. The molecular formula is C25H27IN2S. The third kappa shape index (κ3) is 6.63. The van der Waals surface area contributed by atoms with Crippen LogP contribution in [0.3, 0.4) is 0 Å². The van der Waals surface area contributed by atoms with Gasteiger partial charge in [0.25, 0.3) is 0 Å². The van der Waals surface area contributed by atoms with Crippen LogP contribution in [0, 0.1) is 6.92 Å². The lowest BCUT2D eigenvalue weighted by Gasteiger charge is -2.27. The molecule has 0 aliphatic rings. The minimum atomic E-state index is 0.130. The summed E-state index contributed by atoms with van der Waals surface area (Å²) in [4.78, 5) is 4.62. The SMILES string of the molecule is C/C(I)=C/C[C@H](NC(c1ccccc1)c1ccccc1)/C(C)=C/c1csc(C)n1. The van der Waals surface area contributed by atoms with Crippen molar-refractivity contribution in [2.24, 2.45) is 0 Å². The molecule has 0 saturated carbocycles. The summed E-state index contributed by atoms with van der Waals surface area (Å²) >= 11 is 4.08. The highest BCUT2D eigenvalue weighted by atomic mass is 127. The molecular weight excluding hydrogens is 487 g/mol. The summed E-state index contributed by atoms with van der Waals surface area (Å²) in [6.45, 7) is 6.40. The molecule has 2 nitrogen and oxygen atoms in total. The first-order valence-corrected chi connectivity index (χ1v) is 11.8. The second kappa shape index (κ2) is 10.9. The van der Waals surface area contributed by atoms with Gasteiger partial charge < -0.3 is 0 Å². The number of allylic oxidation sites excluding steroid dienone is 1. The van der Waals surface area contributed by atoms with E-state index in [4.69, 9.17) is 0 Å². The molecule has 3 rings (SSSR count). The van der Waals surface area contributed by atoms with Crippen LogP contribution in [0.15, 0.2) is 81.3 Å². The van der Waals surface area contributed by atoms with E-state index in [9.17, 15) is 0 Å². The van der Waals surface area contributed by atoms with Crippen LogP contribution in [0.25, 0.3) is 6.08 Å². The van der Waals surface area contributed by atoms with Gasteiger partial charge in [-0.05, 0) is 70.6 Å². The van der Waals surface area contributed by atoms with Gasteiger partial charge in [-0.15, -0.1) is 11.3 Å². The van der Waals surface area contributed by atoms with E-state index in [2.05, 4.69) is 132 Å². The fourth-order valence-electron chi connectivity index (χ4n) is 3.32. The summed E-state index contributed by atoms with van der Waals surface area (Å²) in [5.74, 6) is 0. The maximum Gasteiger partial charge on any atom is 0.0901 e. The van der Waals surface area contributed by atoms with Crippen LogP contribution in [-0.2, 0) is 0 Å². The Balaban J connectivity index is 1.94. The molecule has 29 heavy (non-hydrogen) atoms. The van der Waals surface area contributed by atoms with E-state index in [1.54, 1.807) is 11.3 Å². The summed E-state index contributed by atoms with van der Waals surface area (Å²) in [5.41, 5.74) is 4.89. The van der Waals surface area contributed by atoms with Gasteiger partial charge in [-0.2, -0.15) is 0 Å². The molecule has 1 N–H and O–H groups in total. The lowest BCUT2D eigenvalue weighted by Crippen LogP contribution is -2.34. The number of benzene rings is 2. The minimum absolute atomic E-state index is 0.130. The number of nitrogens with one attached hydrogen (secondary N) is 1. The van der Waals surface area contributed by atoms with Crippen molar-refractivity contribution in [3.63, 3.8) is 0 Å². The van der Waals surface area contributed by atoms with E-state index in [0.717, 1.165) is 17.1 Å². The Labute approximate surface area is 191 Å². The van der Waals surface area contributed by atoms with E-state index in [0.29, 0.717) is 0 Å². The molecule has 0 aliphatic heterocycles. The number of hydrogen-bond acceptors (Lipinski definition) is 3. The smallest absolute Gasteiger partial charge is 0.0901 e. The Morgan fingerprint density at radius 2 is 1.62 bits per heavy atom. The Bertz CT molecular complexity index is 917. The van der Waals surface area contributed by atoms with Crippen LogP contribution in [0.5, 0.6) is 0 Å². The van der Waals surface area contributed by atoms with E-state index < -0.39 is 0 Å². The Morgan fingerprint density at radius 1 is 1.03 bits per heavy atom. The first kappa shape index (κ1) is 21.9. The maximum absolute atomic E-state index is 4.62. The minimum Gasteiger partial charge on any atom is -0.299 e. The second-order valence-corrected chi connectivity index (χ2v) is 9.94. The van der Waals surface area contributed by atoms with Gasteiger partial charge in [0.1, 0.15) is 0 Å². The highest BCUT2D eigenvalue weighted by Gasteiger charge is 2.19. The van der Waals surface area contributed by atoms with Gasteiger partial charge in [0, 0.05) is 11.4 Å². The van der Waals surface area contributed by atoms with Crippen molar-refractivity contribution < 1.29 is 0 Å². The number of thiazole rings is 1. The summed E-state index contributed by atoms with van der Waals surface area (Å²) in [5, 5.41) is 7.15. The number of nitrogens with zero attached hydrogens (tertiary/aromatic N) is 1. The van der Waals surface area contributed by atoms with Crippen LogP contribution in [0.2, 0.25) is 0 Å². The Kier molecular flexibility index (Phi) is 8.21. The van der Waals surface area contributed by atoms with E-state index in [1.807, 2.05) is 0 Å². The molecule has 0 bridgehead atoms. The van der Waals surface area contributed by atoms with Crippen LogP contribution < -0.4 is 5.32 Å². The van der Waals surface area contributed by atoms with Crippen molar-refractivity contribution in [1.82, 2.24) is 10.3 Å². The average molecular weight is 514 g/mol. The summed E-state index contributed by atoms with van der Waals surface area (Å²) in [7, 11) is 0. The Hall–Kier alpha value is -1.76. The van der Waals surface area contributed by atoms with Crippen LogP contribution >= 0.6 is 33.9 Å². The molecule has 0 saturated heterocycles. The fourth-order valence-corrected chi connectivity index (χ4v) is 4.15. The second-order valence-electron chi connectivity index (χ2n) is 7.18. The van der Waals surface area contributed by atoms with Crippen LogP contribution in [0.4, 0.5) is 0 Å². The lowest BCUT2D eigenvalue weighted by atomic mass is 9.95. The predicted molar refractivity (Wildman–Crippen MR) is 135 cm³/mol. The molecule has 150 valence electrons. The topological polar surface area (TPSA) is 24.9 Å². The van der Waals surface area contributed by atoms with Crippen molar-refractivity contribution in [2.45, 2.75) is 39.3 Å². The van der Waals surface area contributed by atoms with E-state index >= 15 is 0 Å². The predicted octanol–water partition coefficient (Wildman–Crippen LogP) is 7.33. The standard InChI is InChI=1S/C25H27IN2S/c1-18(16-23-17-29-20(3)27-23)24(15-14-19(2)26)28-25(21-10-6-4-7-11-21)22-12-8-5-9-13-22/h4-14,16-17,24-25,28H,15H2,1-3H3/b18-16+,19-14-/t24-/m0/s1. The molecule has 4 heteroatoms. The molecule has 0 spiro atoms. The Morgan fingerprint density at radius 3 is 2.10 bits per heavy atom. The summed E-state index contributed by atoms with van der Waals surface area (Å²) in [6.07, 6.45) is 5.45. The first-order valence-electron chi connectivity index (χ1n) is 9.81. The summed E-state index contributed by atoms with van der Waals surface area (Å²) < 4.78 is 1.31. The number of aryl methyl sites for hydroxylation is 1. The quantitative estimate of drug-likeness (QED) is 0.319. The van der Waals surface area contributed by atoms with Crippen molar-refractivity contribution in [1.29, 1.82) is 0 Å². The van der Waals surface area contributed by atoms with Gasteiger partial charge in [-0.3, -0.25) is 5.32 Å². The molecule has 0 aliphatic carbocycles. The third-order valence-electron chi connectivity index (χ3n) is 4.83. The number of aromatic nitrogens is 1. The molecule has 0 amide bonds. The van der Waals surface area contributed by atoms with Gasteiger partial charge >= 0.3 is 0 Å². The van der Waals surface area contributed by atoms with E-state index in [-0.39, 0.29) is 12.1 Å². The number of halogens is 1. The first-order chi connectivity index (χ1) is 14.0. The van der Waals surface area contributed by atoms with Crippen molar-refractivity contribution >= 4 is 40.0 Å². The zero-order valence-corrected chi connectivity index (χ0v) is 20.1. The van der Waals surface area contributed by atoms with Gasteiger partial charge in [-0.1, -0.05) is 72.3 Å². The number of hydrogen-bond donors (Lipinski definition) is 1. The van der Waals surface area contributed by atoms with Gasteiger partial charge in [-0.25, -0.2) is 4.98 Å².